The zero-order chi connectivity index (χ0) is 20.7. The summed E-state index contributed by atoms with van der Waals surface area (Å²) in [4.78, 5) is 0. The molecule has 0 amide bonds. The molecule has 0 N–H and O–H groups in total. The number of hydrogen-bond donors (Lipinski definition) is 0. The fourth-order valence-corrected chi connectivity index (χ4v) is 3.31. The van der Waals surface area contributed by atoms with Gasteiger partial charge in [0.25, 0.3) is 0 Å². The second-order valence-electron chi connectivity index (χ2n) is 8.06. The Balaban J connectivity index is 0.000000436. The minimum atomic E-state index is 0. The molecule has 0 aliphatic heterocycles. The van der Waals surface area contributed by atoms with Crippen LogP contribution in [-0.4, -0.2) is 3.26 Å². The molecule has 1 aliphatic rings. The molecule has 0 fully saturated rings. The van der Waals surface area contributed by atoms with Crippen molar-refractivity contribution >= 4 is 24.8 Å². The average molecular weight is 606 g/mol. The van der Waals surface area contributed by atoms with Crippen LogP contribution in [0.3, 0.4) is 0 Å². The quantitative estimate of drug-likeness (QED) is 0.308. The predicted octanol–water partition coefficient (Wildman–Crippen LogP) is 1.68. The summed E-state index contributed by atoms with van der Waals surface area (Å²) in [5.41, 5.74) is 1.27. The van der Waals surface area contributed by atoms with Crippen molar-refractivity contribution in [1.29, 1.82) is 0 Å². The van der Waals surface area contributed by atoms with E-state index in [0.717, 1.165) is 11.8 Å². The van der Waals surface area contributed by atoms with Crippen molar-refractivity contribution in [2.45, 2.75) is 41.5 Å². The van der Waals surface area contributed by atoms with Crippen molar-refractivity contribution < 1.29 is 48.7 Å². The van der Waals surface area contributed by atoms with Gasteiger partial charge in [-0.2, -0.15) is 6.08 Å². The predicted molar refractivity (Wildman–Crippen MR) is 122 cm³/mol. The van der Waals surface area contributed by atoms with Crippen LogP contribution >= 0.6 is 0 Å². The van der Waals surface area contributed by atoms with Crippen molar-refractivity contribution in [3.63, 3.8) is 0 Å². The van der Waals surface area contributed by atoms with Crippen LogP contribution in [0, 0.1) is 23.8 Å². The van der Waals surface area contributed by atoms with Gasteiger partial charge in [-0.3, -0.25) is 6.08 Å². The first-order valence-corrected chi connectivity index (χ1v) is 12.0. The van der Waals surface area contributed by atoms with Crippen LogP contribution < -0.4 is 24.8 Å². The first-order valence-electron chi connectivity index (χ1n) is 10.2. The Hall–Kier alpha value is -0.890. The first-order chi connectivity index (χ1) is 13.3. The van der Waals surface area contributed by atoms with Gasteiger partial charge in [0.2, 0.25) is 0 Å². The zero-order valence-corrected chi connectivity index (χ0v) is 23.9. The molecule has 1 aliphatic carbocycles. The molecule has 0 nitrogen and oxygen atoms in total. The van der Waals surface area contributed by atoms with Gasteiger partial charge in [-0.1, -0.05) is 56.2 Å². The molecule has 0 spiro atoms. The van der Waals surface area contributed by atoms with Crippen molar-refractivity contribution in [2.24, 2.45) is 17.8 Å². The molecular formula is C27H32Cl2Hf-2. The van der Waals surface area contributed by atoms with Gasteiger partial charge in [-0.15, -0.1) is 39.7 Å². The molecule has 30 heavy (non-hydrogen) atoms. The monoisotopic (exact) mass is 606 g/mol. The molecule has 0 saturated carbocycles. The fourth-order valence-electron chi connectivity index (χ4n) is 3.31. The van der Waals surface area contributed by atoms with Gasteiger partial charge in [-0.25, -0.2) is 11.6 Å². The van der Waals surface area contributed by atoms with Gasteiger partial charge >= 0.3 is 66.7 Å². The molecule has 0 aromatic heterocycles. The summed E-state index contributed by atoms with van der Waals surface area (Å²) in [6.07, 6.45) is 7.47. The number of benzene rings is 2. The number of halogens is 2. The summed E-state index contributed by atoms with van der Waals surface area (Å²) >= 11 is 1.27. The summed E-state index contributed by atoms with van der Waals surface area (Å²) in [5, 5.41) is 5.39. The Kier molecular flexibility index (Phi) is 13.8. The third-order valence-corrected chi connectivity index (χ3v) is 9.01. The Morgan fingerprint density at radius 1 is 0.867 bits per heavy atom. The standard InChI is InChI=1S/C13H9.C7H9.C7H14.2ClH.Hf/c1-3-7-12-10(5-1)9-11-6-2-4-8-13(11)12;1-6-3-4-7(2)5-6;1-6(2)5-7(3)4;;;/h1-9H;3-4,6H,1-2H3;6-7H,1-4H3;2*1H;/q2*-1;;;;+2/p-2. The number of hydrogen-bond acceptors (Lipinski definition) is 0. The summed E-state index contributed by atoms with van der Waals surface area (Å²) in [6.45, 7) is 13.3. The normalized spacial score (nSPS) is 14.3. The van der Waals surface area contributed by atoms with E-state index in [4.69, 9.17) is 0 Å². The van der Waals surface area contributed by atoms with E-state index in [1.54, 1.807) is 3.26 Å². The zero-order valence-electron chi connectivity index (χ0n) is 18.8. The van der Waals surface area contributed by atoms with Crippen LogP contribution in [0.2, 0.25) is 0 Å². The van der Waals surface area contributed by atoms with E-state index in [1.165, 1.54) is 51.0 Å². The summed E-state index contributed by atoms with van der Waals surface area (Å²) in [7, 11) is 0. The summed E-state index contributed by atoms with van der Waals surface area (Å²) < 4.78 is 1.74. The van der Waals surface area contributed by atoms with Crippen LogP contribution in [0.15, 0.2) is 72.3 Å². The Bertz CT molecular complexity index is 916. The summed E-state index contributed by atoms with van der Waals surface area (Å²) in [6, 6.07) is 19.3. The van der Waals surface area contributed by atoms with Gasteiger partial charge in [0.05, 0.1) is 0 Å². The minimum absolute atomic E-state index is 0. The second kappa shape index (κ2) is 14.2. The smallest absolute Gasteiger partial charge is 0.0733 e. The third kappa shape index (κ3) is 8.69. The van der Waals surface area contributed by atoms with Crippen LogP contribution in [0.25, 0.3) is 21.5 Å². The molecule has 0 saturated heterocycles. The van der Waals surface area contributed by atoms with E-state index in [-0.39, 0.29) is 24.8 Å². The summed E-state index contributed by atoms with van der Waals surface area (Å²) in [5.74, 6) is 2.20. The van der Waals surface area contributed by atoms with Gasteiger partial charge < -0.3 is 24.8 Å². The van der Waals surface area contributed by atoms with Gasteiger partial charge in [0, 0.05) is 0 Å². The second-order valence-corrected chi connectivity index (χ2v) is 10.1. The first kappa shape index (κ1) is 29.1. The maximum atomic E-state index is 3.22. The van der Waals surface area contributed by atoms with Crippen molar-refractivity contribution in [3.05, 3.63) is 78.4 Å². The maximum absolute atomic E-state index is 3.22. The molecule has 1 atom stereocenters. The van der Waals surface area contributed by atoms with E-state index in [2.05, 4.69) is 114 Å². The Morgan fingerprint density at radius 2 is 1.30 bits per heavy atom. The Labute approximate surface area is 210 Å². The molecule has 0 heterocycles. The van der Waals surface area contributed by atoms with Crippen molar-refractivity contribution in [2.75, 3.05) is 0 Å². The van der Waals surface area contributed by atoms with E-state index < -0.39 is 0 Å². The minimum Gasteiger partial charge on any atom is -1.00 e. The average Bonchev–Trinajstić information content (AvgIpc) is 3.24. The van der Waals surface area contributed by atoms with E-state index in [0.29, 0.717) is 5.92 Å². The van der Waals surface area contributed by atoms with Crippen LogP contribution in [0.1, 0.15) is 41.5 Å². The molecule has 1 unspecified atom stereocenters. The fraction of sp³-hybridized carbons (Fsp3) is 0.333. The Morgan fingerprint density at radius 3 is 1.57 bits per heavy atom. The maximum Gasteiger partial charge on any atom is -0.0733 e. The molecule has 3 aromatic rings. The molecule has 0 radical (unpaired) electrons. The number of rotatable bonds is 2. The molecule has 3 aromatic carbocycles. The van der Waals surface area contributed by atoms with Gasteiger partial charge in [-0.05, 0) is 0 Å². The van der Waals surface area contributed by atoms with E-state index in [9.17, 15) is 0 Å². The van der Waals surface area contributed by atoms with E-state index >= 15 is 0 Å². The van der Waals surface area contributed by atoms with Crippen LogP contribution in [0.5, 0.6) is 0 Å². The van der Waals surface area contributed by atoms with Gasteiger partial charge in [0.1, 0.15) is 0 Å². The topological polar surface area (TPSA) is 0 Å². The van der Waals surface area contributed by atoms with Crippen LogP contribution in [0.4, 0.5) is 0 Å². The van der Waals surface area contributed by atoms with E-state index in [1.807, 2.05) is 0 Å². The molecule has 160 valence electrons. The SMILES string of the molecule is CC(C)[C](=[Hf+2])C(C)C.CC1=[C-]C(C)C=C1.[Cl-].[Cl-].c1ccc2c(c1)[cH-]c1ccccc12. The van der Waals surface area contributed by atoms with Crippen molar-refractivity contribution in [1.82, 2.24) is 0 Å². The molecule has 0 bridgehead atoms. The molecule has 4 rings (SSSR count). The number of fused-ring (bicyclic) bond motifs is 3. The number of allylic oxidation sites excluding steroid dienone is 4. The molecule has 3 heteroatoms. The van der Waals surface area contributed by atoms with Crippen molar-refractivity contribution in [3.8, 4) is 0 Å². The third-order valence-electron chi connectivity index (χ3n) is 4.86. The molecular weight excluding hydrogens is 574 g/mol. The van der Waals surface area contributed by atoms with Gasteiger partial charge in [0.15, 0.2) is 0 Å². The largest absolute Gasteiger partial charge is 1.00 e. The van der Waals surface area contributed by atoms with Crippen LogP contribution in [-0.2, 0) is 23.9 Å².